The predicted molar refractivity (Wildman–Crippen MR) is 102 cm³/mol. The summed E-state index contributed by atoms with van der Waals surface area (Å²) in [4.78, 5) is 6.97. The second-order valence-corrected chi connectivity index (χ2v) is 6.90. The minimum absolute atomic E-state index is 0. The first-order chi connectivity index (χ1) is 12.2. The van der Waals surface area contributed by atoms with Crippen molar-refractivity contribution in [2.75, 3.05) is 26.7 Å². The first-order valence-electron chi connectivity index (χ1n) is 9.11. The molecule has 3 rings (SSSR count). The van der Waals surface area contributed by atoms with Gasteiger partial charge in [0.2, 0.25) is 5.89 Å². The van der Waals surface area contributed by atoms with Crippen LogP contribution in [-0.2, 0) is 6.42 Å². The number of nitrogens with one attached hydrogen (secondary N) is 1. The van der Waals surface area contributed by atoms with Gasteiger partial charge in [0.1, 0.15) is 5.82 Å². The van der Waals surface area contributed by atoms with E-state index in [9.17, 15) is 4.39 Å². The third kappa shape index (κ3) is 5.50. The van der Waals surface area contributed by atoms with Crippen LogP contribution in [0.25, 0.3) is 0 Å². The van der Waals surface area contributed by atoms with Crippen molar-refractivity contribution < 1.29 is 8.91 Å². The van der Waals surface area contributed by atoms with E-state index in [0.29, 0.717) is 18.1 Å². The Bertz CT molecular complexity index is 656. The molecule has 0 saturated carbocycles. The summed E-state index contributed by atoms with van der Waals surface area (Å²) in [7, 11) is 2.01. The maximum atomic E-state index is 13.0. The number of rotatable bonds is 7. The molecule has 1 atom stereocenters. The zero-order valence-electron chi connectivity index (χ0n) is 15.4. The lowest BCUT2D eigenvalue weighted by Crippen LogP contribution is -2.36. The van der Waals surface area contributed by atoms with Crippen LogP contribution >= 0.6 is 12.4 Å². The van der Waals surface area contributed by atoms with Crippen molar-refractivity contribution in [3.63, 3.8) is 0 Å². The third-order valence-electron chi connectivity index (χ3n) is 5.12. The Labute approximate surface area is 160 Å². The summed E-state index contributed by atoms with van der Waals surface area (Å²) in [6.45, 7) is 5.37. The van der Waals surface area contributed by atoms with Crippen LogP contribution in [0.15, 0.2) is 28.8 Å². The van der Waals surface area contributed by atoms with Crippen LogP contribution in [0.4, 0.5) is 4.39 Å². The highest BCUT2D eigenvalue weighted by Crippen LogP contribution is 2.27. The van der Waals surface area contributed by atoms with Gasteiger partial charge in [0.15, 0.2) is 5.82 Å². The van der Waals surface area contributed by atoms with Crippen LogP contribution in [0.1, 0.15) is 49.5 Å². The quantitative estimate of drug-likeness (QED) is 0.792. The van der Waals surface area contributed by atoms with Crippen LogP contribution in [0.2, 0.25) is 0 Å². The third-order valence-corrected chi connectivity index (χ3v) is 5.12. The van der Waals surface area contributed by atoms with E-state index < -0.39 is 0 Å². The Hall–Kier alpha value is -1.50. The van der Waals surface area contributed by atoms with Crippen molar-refractivity contribution in [1.82, 2.24) is 20.4 Å². The van der Waals surface area contributed by atoms with E-state index in [4.69, 9.17) is 4.52 Å². The first kappa shape index (κ1) is 20.8. The molecule has 0 amide bonds. The van der Waals surface area contributed by atoms with Crippen molar-refractivity contribution in [3.05, 3.63) is 47.4 Å². The topological polar surface area (TPSA) is 54.2 Å². The molecular formula is C19H28ClFN4O. The Kier molecular flexibility index (Phi) is 8.00. The number of hydrogen-bond acceptors (Lipinski definition) is 5. The Morgan fingerprint density at radius 1 is 1.27 bits per heavy atom. The fourth-order valence-corrected chi connectivity index (χ4v) is 3.43. The van der Waals surface area contributed by atoms with Gasteiger partial charge >= 0.3 is 0 Å². The average molecular weight is 383 g/mol. The molecule has 0 radical (unpaired) electrons. The van der Waals surface area contributed by atoms with Gasteiger partial charge < -0.3 is 9.84 Å². The van der Waals surface area contributed by atoms with Gasteiger partial charge in [-0.3, -0.25) is 4.90 Å². The Balaban J connectivity index is 0.00000243. The molecule has 144 valence electrons. The van der Waals surface area contributed by atoms with Crippen LogP contribution in [0, 0.1) is 11.7 Å². The van der Waals surface area contributed by atoms with Gasteiger partial charge in [0.25, 0.3) is 0 Å². The van der Waals surface area contributed by atoms with E-state index in [0.717, 1.165) is 31.1 Å². The molecule has 1 aliphatic heterocycles. The lowest BCUT2D eigenvalue weighted by molar-refractivity contribution is 0.117. The summed E-state index contributed by atoms with van der Waals surface area (Å²) in [5.41, 5.74) is 0.978. The molecule has 5 nitrogen and oxygen atoms in total. The fraction of sp³-hybridized carbons (Fsp3) is 0.579. The van der Waals surface area contributed by atoms with Crippen LogP contribution in [0.3, 0.4) is 0 Å². The minimum atomic E-state index is -0.232. The van der Waals surface area contributed by atoms with Crippen LogP contribution in [-0.4, -0.2) is 41.7 Å². The Morgan fingerprint density at radius 2 is 1.96 bits per heavy atom. The normalized spacial score (nSPS) is 17.0. The fourth-order valence-electron chi connectivity index (χ4n) is 3.43. The molecule has 1 aromatic heterocycles. The predicted octanol–water partition coefficient (Wildman–Crippen LogP) is 3.60. The molecule has 2 aromatic rings. The summed E-state index contributed by atoms with van der Waals surface area (Å²) in [5.74, 6) is 1.90. The average Bonchev–Trinajstić information content (AvgIpc) is 3.10. The van der Waals surface area contributed by atoms with Gasteiger partial charge in [-0.15, -0.1) is 12.4 Å². The van der Waals surface area contributed by atoms with Crippen molar-refractivity contribution in [2.45, 2.75) is 38.6 Å². The molecule has 1 unspecified atom stereocenters. The first-order valence-corrected chi connectivity index (χ1v) is 9.11. The highest BCUT2D eigenvalue weighted by Gasteiger charge is 2.26. The SMILES string of the molecule is CNCCC1CCN(C(C)c2nc(Cc3ccc(F)cc3)no2)CC1.Cl. The van der Waals surface area contributed by atoms with E-state index >= 15 is 0 Å². The lowest BCUT2D eigenvalue weighted by atomic mass is 9.93. The monoisotopic (exact) mass is 382 g/mol. The molecule has 0 aliphatic carbocycles. The number of piperidine rings is 1. The van der Waals surface area contributed by atoms with E-state index in [1.807, 2.05) is 7.05 Å². The molecule has 1 aromatic carbocycles. The summed E-state index contributed by atoms with van der Waals surface area (Å²) in [6.07, 6.45) is 4.26. The van der Waals surface area contributed by atoms with Crippen molar-refractivity contribution in [3.8, 4) is 0 Å². The highest BCUT2D eigenvalue weighted by molar-refractivity contribution is 5.85. The maximum Gasteiger partial charge on any atom is 0.243 e. The number of likely N-dealkylation sites (tertiary alicyclic amines) is 1. The lowest BCUT2D eigenvalue weighted by Gasteiger charge is -2.34. The molecule has 0 bridgehead atoms. The number of hydrogen-bond donors (Lipinski definition) is 1. The second-order valence-electron chi connectivity index (χ2n) is 6.90. The molecule has 0 spiro atoms. The summed E-state index contributed by atoms with van der Waals surface area (Å²) in [5, 5.41) is 7.32. The van der Waals surface area contributed by atoms with Crippen LogP contribution < -0.4 is 5.32 Å². The molecule has 26 heavy (non-hydrogen) atoms. The van der Waals surface area contributed by atoms with E-state index in [-0.39, 0.29) is 24.3 Å². The highest BCUT2D eigenvalue weighted by atomic mass is 35.5. The summed E-state index contributed by atoms with van der Waals surface area (Å²) in [6, 6.07) is 6.56. The van der Waals surface area contributed by atoms with Crippen molar-refractivity contribution in [2.24, 2.45) is 5.92 Å². The van der Waals surface area contributed by atoms with Crippen molar-refractivity contribution >= 4 is 12.4 Å². The van der Waals surface area contributed by atoms with Gasteiger partial charge in [-0.25, -0.2) is 4.39 Å². The second kappa shape index (κ2) is 10.00. The van der Waals surface area contributed by atoms with E-state index in [1.165, 1.54) is 31.4 Å². The van der Waals surface area contributed by atoms with Gasteiger partial charge in [0, 0.05) is 6.42 Å². The standard InChI is InChI=1S/C19H27FN4O.ClH/c1-14(24-11-8-15(9-12-24)7-10-21-2)19-22-18(23-25-19)13-16-3-5-17(20)6-4-16;/h3-6,14-15,21H,7-13H2,1-2H3;1H. The minimum Gasteiger partial charge on any atom is -0.338 e. The number of benzene rings is 1. The van der Waals surface area contributed by atoms with Gasteiger partial charge in [-0.2, -0.15) is 4.98 Å². The number of nitrogens with zero attached hydrogens (tertiary/aromatic N) is 3. The van der Waals surface area contributed by atoms with Crippen molar-refractivity contribution in [1.29, 1.82) is 0 Å². The van der Waals surface area contributed by atoms with Gasteiger partial charge in [-0.1, -0.05) is 17.3 Å². The smallest absolute Gasteiger partial charge is 0.243 e. The molecule has 1 aliphatic rings. The largest absolute Gasteiger partial charge is 0.338 e. The van der Waals surface area contributed by atoms with E-state index in [1.54, 1.807) is 12.1 Å². The summed E-state index contributed by atoms with van der Waals surface area (Å²) >= 11 is 0. The molecule has 2 heterocycles. The summed E-state index contributed by atoms with van der Waals surface area (Å²) < 4.78 is 18.5. The molecule has 1 fully saturated rings. The Morgan fingerprint density at radius 3 is 2.62 bits per heavy atom. The molecule has 1 N–H and O–H groups in total. The maximum absolute atomic E-state index is 13.0. The number of halogens is 2. The van der Waals surface area contributed by atoms with E-state index in [2.05, 4.69) is 27.3 Å². The molecule has 7 heteroatoms. The zero-order chi connectivity index (χ0) is 17.6. The van der Waals surface area contributed by atoms with Crippen LogP contribution in [0.5, 0.6) is 0 Å². The number of aromatic nitrogens is 2. The van der Waals surface area contributed by atoms with Gasteiger partial charge in [0.05, 0.1) is 6.04 Å². The molecule has 1 saturated heterocycles. The molecular weight excluding hydrogens is 355 g/mol. The zero-order valence-corrected chi connectivity index (χ0v) is 16.3. The van der Waals surface area contributed by atoms with Gasteiger partial charge in [-0.05, 0) is 76.5 Å².